The summed E-state index contributed by atoms with van der Waals surface area (Å²) in [6.45, 7) is 2.65. The number of ether oxygens (including phenoxy) is 2. The number of hydrogen-bond acceptors (Lipinski definition) is 5. The van der Waals surface area contributed by atoms with Crippen LogP contribution in [0.5, 0.6) is 5.88 Å². The van der Waals surface area contributed by atoms with E-state index in [1.54, 1.807) is 12.4 Å². The Morgan fingerprint density at radius 1 is 1.04 bits per heavy atom. The maximum Gasteiger partial charge on any atom is 0.309 e. The molecule has 0 aliphatic heterocycles. The molecule has 0 spiro atoms. The standard InChI is InChI=1S/C23H22N2O3/c1-2-27-23(26)20-12-19(20)21-13-25-22(14-24-21)28-15-16-7-6-10-18(11-16)17-8-4-3-5-9-17/h3-11,13-14,19-20H,2,12,15H2,1H3. The van der Waals surface area contributed by atoms with E-state index in [2.05, 4.69) is 34.2 Å². The van der Waals surface area contributed by atoms with E-state index in [0.717, 1.165) is 23.2 Å². The van der Waals surface area contributed by atoms with Crippen LogP contribution in [0.3, 0.4) is 0 Å². The largest absolute Gasteiger partial charge is 0.472 e. The summed E-state index contributed by atoms with van der Waals surface area (Å²) < 4.78 is 10.8. The van der Waals surface area contributed by atoms with Crippen molar-refractivity contribution in [1.82, 2.24) is 9.97 Å². The van der Waals surface area contributed by atoms with Crippen LogP contribution in [0.25, 0.3) is 11.1 Å². The molecule has 0 saturated heterocycles. The van der Waals surface area contributed by atoms with Crippen LogP contribution in [0.2, 0.25) is 0 Å². The van der Waals surface area contributed by atoms with Gasteiger partial charge in [-0.1, -0.05) is 48.5 Å². The SMILES string of the molecule is CCOC(=O)C1CC1c1cnc(OCc2cccc(-c3ccccc3)c2)cn1. The number of nitrogens with zero attached hydrogens (tertiary/aromatic N) is 2. The van der Waals surface area contributed by atoms with Gasteiger partial charge in [0, 0.05) is 5.92 Å². The van der Waals surface area contributed by atoms with Crippen LogP contribution >= 0.6 is 0 Å². The molecule has 0 bridgehead atoms. The monoisotopic (exact) mass is 374 g/mol. The number of carbonyl (C=O) groups excluding carboxylic acids is 1. The second-order valence-corrected chi connectivity index (χ2v) is 6.84. The highest BCUT2D eigenvalue weighted by atomic mass is 16.5. The van der Waals surface area contributed by atoms with Crippen molar-refractivity contribution in [3.8, 4) is 17.0 Å². The molecule has 0 N–H and O–H groups in total. The first-order valence-electron chi connectivity index (χ1n) is 9.50. The summed E-state index contributed by atoms with van der Waals surface area (Å²) >= 11 is 0. The molecule has 1 aliphatic rings. The molecule has 2 atom stereocenters. The van der Waals surface area contributed by atoms with Gasteiger partial charge in [-0.05, 0) is 36.1 Å². The summed E-state index contributed by atoms with van der Waals surface area (Å²) in [4.78, 5) is 20.5. The van der Waals surface area contributed by atoms with Gasteiger partial charge in [-0.25, -0.2) is 4.98 Å². The zero-order chi connectivity index (χ0) is 19.3. The Balaban J connectivity index is 1.35. The Hall–Kier alpha value is -3.21. The molecule has 3 aromatic rings. The van der Waals surface area contributed by atoms with Gasteiger partial charge < -0.3 is 9.47 Å². The lowest BCUT2D eigenvalue weighted by molar-refractivity contribution is -0.144. The Bertz CT molecular complexity index is 942. The summed E-state index contributed by atoms with van der Waals surface area (Å²) in [5, 5.41) is 0. The van der Waals surface area contributed by atoms with E-state index < -0.39 is 0 Å². The first-order chi connectivity index (χ1) is 13.7. The molecule has 1 aromatic heterocycles. The molecule has 1 aliphatic carbocycles. The van der Waals surface area contributed by atoms with Gasteiger partial charge in [0.1, 0.15) is 6.61 Å². The quantitative estimate of drug-likeness (QED) is 0.574. The minimum atomic E-state index is -0.145. The predicted octanol–water partition coefficient (Wildman–Crippen LogP) is 4.39. The minimum Gasteiger partial charge on any atom is -0.472 e. The zero-order valence-electron chi connectivity index (χ0n) is 15.7. The summed E-state index contributed by atoms with van der Waals surface area (Å²) in [5.74, 6) is 0.361. The van der Waals surface area contributed by atoms with Crippen molar-refractivity contribution < 1.29 is 14.3 Å². The number of hydrogen-bond donors (Lipinski definition) is 0. The second-order valence-electron chi connectivity index (χ2n) is 6.84. The number of carbonyl (C=O) groups is 1. The van der Waals surface area contributed by atoms with Crippen LogP contribution < -0.4 is 4.74 Å². The molecule has 4 rings (SSSR count). The van der Waals surface area contributed by atoms with E-state index >= 15 is 0 Å². The summed E-state index contributed by atoms with van der Waals surface area (Å²) in [6, 6.07) is 18.5. The summed E-state index contributed by atoms with van der Waals surface area (Å²) in [7, 11) is 0. The molecule has 2 unspecified atom stereocenters. The van der Waals surface area contributed by atoms with Gasteiger partial charge >= 0.3 is 5.97 Å². The van der Waals surface area contributed by atoms with Gasteiger partial charge in [0.25, 0.3) is 0 Å². The number of esters is 1. The van der Waals surface area contributed by atoms with Crippen LogP contribution in [0, 0.1) is 5.92 Å². The molecule has 0 amide bonds. The molecule has 2 aromatic carbocycles. The number of aromatic nitrogens is 2. The molecule has 5 nitrogen and oxygen atoms in total. The highest BCUT2D eigenvalue weighted by Crippen LogP contribution is 2.47. The van der Waals surface area contributed by atoms with Gasteiger partial charge in [0.15, 0.2) is 0 Å². The van der Waals surface area contributed by atoms with Gasteiger partial charge in [-0.15, -0.1) is 0 Å². The lowest BCUT2D eigenvalue weighted by Crippen LogP contribution is -2.07. The van der Waals surface area contributed by atoms with Gasteiger partial charge in [-0.2, -0.15) is 0 Å². The third-order valence-corrected chi connectivity index (χ3v) is 4.83. The zero-order valence-corrected chi connectivity index (χ0v) is 15.7. The maximum atomic E-state index is 11.8. The molecular formula is C23H22N2O3. The summed E-state index contributed by atoms with van der Waals surface area (Å²) in [6.07, 6.45) is 4.09. The predicted molar refractivity (Wildman–Crippen MR) is 106 cm³/mol. The van der Waals surface area contributed by atoms with E-state index in [1.165, 1.54) is 5.56 Å². The third kappa shape index (κ3) is 4.19. The van der Waals surface area contributed by atoms with Crippen molar-refractivity contribution in [1.29, 1.82) is 0 Å². The fraction of sp³-hybridized carbons (Fsp3) is 0.261. The third-order valence-electron chi connectivity index (χ3n) is 4.83. The Labute approximate surface area is 164 Å². The molecule has 0 radical (unpaired) electrons. The second kappa shape index (κ2) is 8.21. The minimum absolute atomic E-state index is 0.0817. The topological polar surface area (TPSA) is 61.3 Å². The Morgan fingerprint density at radius 3 is 2.61 bits per heavy atom. The molecule has 28 heavy (non-hydrogen) atoms. The number of rotatable bonds is 7. The smallest absolute Gasteiger partial charge is 0.309 e. The molecule has 1 saturated carbocycles. The highest BCUT2D eigenvalue weighted by Gasteiger charge is 2.46. The van der Waals surface area contributed by atoms with Crippen LogP contribution in [0.4, 0.5) is 0 Å². The van der Waals surface area contributed by atoms with Crippen LogP contribution in [0.15, 0.2) is 67.0 Å². The molecule has 1 heterocycles. The van der Waals surface area contributed by atoms with E-state index in [1.807, 2.05) is 37.3 Å². The normalized spacial score (nSPS) is 17.8. The lowest BCUT2D eigenvalue weighted by atomic mass is 10.0. The first kappa shape index (κ1) is 18.2. The van der Waals surface area contributed by atoms with Gasteiger partial charge in [-0.3, -0.25) is 9.78 Å². The average molecular weight is 374 g/mol. The molecule has 142 valence electrons. The maximum absolute atomic E-state index is 11.8. The fourth-order valence-electron chi connectivity index (χ4n) is 3.25. The molecule has 5 heteroatoms. The van der Waals surface area contributed by atoms with Crippen LogP contribution in [0.1, 0.15) is 30.5 Å². The van der Waals surface area contributed by atoms with Crippen molar-refractivity contribution >= 4 is 5.97 Å². The van der Waals surface area contributed by atoms with Crippen LogP contribution in [-0.2, 0) is 16.1 Å². The lowest BCUT2D eigenvalue weighted by Gasteiger charge is -2.08. The van der Waals surface area contributed by atoms with Crippen molar-refractivity contribution in [2.24, 2.45) is 5.92 Å². The average Bonchev–Trinajstić information content (AvgIpc) is 3.55. The first-order valence-corrected chi connectivity index (χ1v) is 9.50. The fourth-order valence-corrected chi connectivity index (χ4v) is 3.25. The Kier molecular flexibility index (Phi) is 5.33. The summed E-state index contributed by atoms with van der Waals surface area (Å²) in [5.41, 5.74) is 4.21. The number of benzene rings is 2. The molecule has 1 fully saturated rings. The van der Waals surface area contributed by atoms with Crippen molar-refractivity contribution in [2.45, 2.75) is 25.9 Å². The van der Waals surface area contributed by atoms with E-state index in [0.29, 0.717) is 19.1 Å². The van der Waals surface area contributed by atoms with Crippen molar-refractivity contribution in [3.63, 3.8) is 0 Å². The van der Waals surface area contributed by atoms with Gasteiger partial charge in [0.2, 0.25) is 5.88 Å². The van der Waals surface area contributed by atoms with E-state index in [9.17, 15) is 4.79 Å². The van der Waals surface area contributed by atoms with E-state index in [-0.39, 0.29) is 17.8 Å². The van der Waals surface area contributed by atoms with Crippen molar-refractivity contribution in [3.05, 3.63) is 78.2 Å². The van der Waals surface area contributed by atoms with E-state index in [4.69, 9.17) is 9.47 Å². The van der Waals surface area contributed by atoms with Crippen LogP contribution in [-0.4, -0.2) is 22.5 Å². The Morgan fingerprint density at radius 2 is 1.86 bits per heavy atom. The molecular weight excluding hydrogens is 352 g/mol. The van der Waals surface area contributed by atoms with Crippen molar-refractivity contribution in [2.75, 3.05) is 6.61 Å². The van der Waals surface area contributed by atoms with Gasteiger partial charge in [0.05, 0.1) is 30.6 Å². The highest BCUT2D eigenvalue weighted by molar-refractivity contribution is 5.77.